The van der Waals surface area contributed by atoms with E-state index in [-0.39, 0.29) is 6.10 Å². The molecule has 1 saturated carbocycles. The normalized spacial score (nSPS) is 29.4. The molecular formula is C11H23NO2. The zero-order valence-electron chi connectivity index (χ0n) is 9.33. The topological polar surface area (TPSA) is 41.5 Å². The predicted molar refractivity (Wildman–Crippen MR) is 57.3 cm³/mol. The number of ether oxygens (including phenoxy) is 1. The SMILES string of the molecule is COCC(O)CCNC1CCC(C)C1. The summed E-state index contributed by atoms with van der Waals surface area (Å²) >= 11 is 0. The molecular weight excluding hydrogens is 178 g/mol. The van der Waals surface area contributed by atoms with Crippen molar-refractivity contribution in [3.63, 3.8) is 0 Å². The van der Waals surface area contributed by atoms with Crippen molar-refractivity contribution < 1.29 is 9.84 Å². The first-order valence-electron chi connectivity index (χ1n) is 5.62. The molecule has 0 heterocycles. The Kier molecular flexibility index (Phi) is 5.45. The molecule has 3 unspecified atom stereocenters. The second kappa shape index (κ2) is 6.38. The molecule has 0 aromatic carbocycles. The summed E-state index contributed by atoms with van der Waals surface area (Å²) < 4.78 is 4.87. The van der Waals surface area contributed by atoms with Crippen molar-refractivity contribution in [1.29, 1.82) is 0 Å². The quantitative estimate of drug-likeness (QED) is 0.677. The van der Waals surface area contributed by atoms with E-state index in [9.17, 15) is 5.11 Å². The van der Waals surface area contributed by atoms with Gasteiger partial charge in [0.25, 0.3) is 0 Å². The average molecular weight is 201 g/mol. The summed E-state index contributed by atoms with van der Waals surface area (Å²) in [4.78, 5) is 0. The van der Waals surface area contributed by atoms with E-state index in [1.807, 2.05) is 0 Å². The largest absolute Gasteiger partial charge is 0.391 e. The van der Waals surface area contributed by atoms with E-state index >= 15 is 0 Å². The van der Waals surface area contributed by atoms with E-state index in [0.29, 0.717) is 12.6 Å². The van der Waals surface area contributed by atoms with E-state index in [0.717, 1.165) is 18.9 Å². The summed E-state index contributed by atoms with van der Waals surface area (Å²) in [7, 11) is 1.62. The highest BCUT2D eigenvalue weighted by molar-refractivity contribution is 4.78. The highest BCUT2D eigenvalue weighted by atomic mass is 16.5. The maximum Gasteiger partial charge on any atom is 0.0785 e. The first kappa shape index (κ1) is 12.0. The monoisotopic (exact) mass is 201 g/mol. The molecule has 0 spiro atoms. The molecule has 1 fully saturated rings. The fraction of sp³-hybridized carbons (Fsp3) is 1.00. The molecule has 14 heavy (non-hydrogen) atoms. The molecule has 3 heteroatoms. The van der Waals surface area contributed by atoms with Crippen molar-refractivity contribution in [3.05, 3.63) is 0 Å². The molecule has 0 aliphatic heterocycles. The van der Waals surface area contributed by atoms with Crippen LogP contribution in [0.1, 0.15) is 32.6 Å². The zero-order chi connectivity index (χ0) is 10.4. The standard InChI is InChI=1S/C11H23NO2/c1-9-3-4-10(7-9)12-6-5-11(13)8-14-2/h9-13H,3-8H2,1-2H3. The molecule has 3 nitrogen and oxygen atoms in total. The van der Waals surface area contributed by atoms with Gasteiger partial charge in [0, 0.05) is 13.2 Å². The molecule has 84 valence electrons. The lowest BCUT2D eigenvalue weighted by molar-refractivity contribution is 0.0590. The van der Waals surface area contributed by atoms with E-state index in [4.69, 9.17) is 4.74 Å². The Morgan fingerprint density at radius 1 is 1.50 bits per heavy atom. The van der Waals surface area contributed by atoms with Crippen molar-refractivity contribution >= 4 is 0 Å². The number of aliphatic hydroxyl groups excluding tert-OH is 1. The number of hydrogen-bond donors (Lipinski definition) is 2. The van der Waals surface area contributed by atoms with Crippen LogP contribution in [0.25, 0.3) is 0 Å². The lowest BCUT2D eigenvalue weighted by Gasteiger charge is -2.14. The van der Waals surface area contributed by atoms with Gasteiger partial charge in [0.2, 0.25) is 0 Å². The van der Waals surface area contributed by atoms with Crippen LogP contribution in [0.3, 0.4) is 0 Å². The molecule has 3 atom stereocenters. The van der Waals surface area contributed by atoms with Crippen molar-refractivity contribution in [2.75, 3.05) is 20.3 Å². The van der Waals surface area contributed by atoms with Crippen LogP contribution in [0.4, 0.5) is 0 Å². The van der Waals surface area contributed by atoms with Gasteiger partial charge in [0.15, 0.2) is 0 Å². The molecule has 0 saturated heterocycles. The maximum absolute atomic E-state index is 9.41. The van der Waals surface area contributed by atoms with Crippen LogP contribution in [0.5, 0.6) is 0 Å². The van der Waals surface area contributed by atoms with Crippen LogP contribution in [-0.2, 0) is 4.74 Å². The lowest BCUT2D eigenvalue weighted by Crippen LogP contribution is -2.30. The van der Waals surface area contributed by atoms with E-state index in [2.05, 4.69) is 12.2 Å². The van der Waals surface area contributed by atoms with Gasteiger partial charge in [-0.2, -0.15) is 0 Å². The highest BCUT2D eigenvalue weighted by Gasteiger charge is 2.20. The lowest BCUT2D eigenvalue weighted by atomic mass is 10.1. The summed E-state index contributed by atoms with van der Waals surface area (Å²) in [5.41, 5.74) is 0. The number of rotatable bonds is 6. The van der Waals surface area contributed by atoms with E-state index < -0.39 is 0 Å². The van der Waals surface area contributed by atoms with Crippen LogP contribution in [-0.4, -0.2) is 37.5 Å². The highest BCUT2D eigenvalue weighted by Crippen LogP contribution is 2.24. The van der Waals surface area contributed by atoms with Gasteiger partial charge in [-0.15, -0.1) is 0 Å². The first-order valence-corrected chi connectivity index (χ1v) is 5.62. The molecule has 0 bridgehead atoms. The third kappa shape index (κ3) is 4.40. The first-order chi connectivity index (χ1) is 6.72. The molecule has 0 amide bonds. The second-order valence-corrected chi connectivity index (χ2v) is 4.47. The van der Waals surface area contributed by atoms with Crippen LogP contribution >= 0.6 is 0 Å². The van der Waals surface area contributed by atoms with Crippen molar-refractivity contribution in [3.8, 4) is 0 Å². The summed E-state index contributed by atoms with van der Waals surface area (Å²) in [6.07, 6.45) is 4.41. The summed E-state index contributed by atoms with van der Waals surface area (Å²) in [6, 6.07) is 0.680. The van der Waals surface area contributed by atoms with Gasteiger partial charge < -0.3 is 15.2 Å². The minimum atomic E-state index is -0.314. The molecule has 1 aliphatic carbocycles. The third-order valence-corrected chi connectivity index (χ3v) is 2.96. The van der Waals surface area contributed by atoms with Crippen LogP contribution in [0.15, 0.2) is 0 Å². The van der Waals surface area contributed by atoms with Gasteiger partial charge in [-0.25, -0.2) is 0 Å². The fourth-order valence-electron chi connectivity index (χ4n) is 2.12. The van der Waals surface area contributed by atoms with Gasteiger partial charge in [-0.3, -0.25) is 0 Å². The Hall–Kier alpha value is -0.120. The molecule has 0 aromatic rings. The van der Waals surface area contributed by atoms with Gasteiger partial charge in [-0.05, 0) is 38.1 Å². The molecule has 1 aliphatic rings. The van der Waals surface area contributed by atoms with Crippen LogP contribution in [0, 0.1) is 5.92 Å². The van der Waals surface area contributed by atoms with Crippen molar-refractivity contribution in [2.45, 2.75) is 44.8 Å². The van der Waals surface area contributed by atoms with Gasteiger partial charge in [0.05, 0.1) is 12.7 Å². The fourth-order valence-corrected chi connectivity index (χ4v) is 2.12. The summed E-state index contributed by atoms with van der Waals surface area (Å²) in [5, 5.41) is 12.9. The molecule has 2 N–H and O–H groups in total. The summed E-state index contributed by atoms with van der Waals surface area (Å²) in [5.74, 6) is 0.872. The zero-order valence-corrected chi connectivity index (χ0v) is 9.33. The Balaban J connectivity index is 1.98. The second-order valence-electron chi connectivity index (χ2n) is 4.47. The van der Waals surface area contributed by atoms with E-state index in [1.165, 1.54) is 19.3 Å². The summed E-state index contributed by atoms with van der Waals surface area (Å²) in [6.45, 7) is 3.66. The minimum Gasteiger partial charge on any atom is -0.391 e. The smallest absolute Gasteiger partial charge is 0.0785 e. The van der Waals surface area contributed by atoms with Gasteiger partial charge >= 0.3 is 0 Å². The van der Waals surface area contributed by atoms with Crippen molar-refractivity contribution in [1.82, 2.24) is 5.32 Å². The molecule has 1 rings (SSSR count). The minimum absolute atomic E-state index is 0.314. The maximum atomic E-state index is 9.41. The van der Waals surface area contributed by atoms with Crippen LogP contribution in [0.2, 0.25) is 0 Å². The average Bonchev–Trinajstić information content (AvgIpc) is 2.52. The Morgan fingerprint density at radius 2 is 2.29 bits per heavy atom. The molecule has 0 aromatic heterocycles. The Morgan fingerprint density at radius 3 is 2.86 bits per heavy atom. The van der Waals surface area contributed by atoms with Crippen LogP contribution < -0.4 is 5.32 Å². The number of aliphatic hydroxyl groups is 1. The number of nitrogens with one attached hydrogen (secondary N) is 1. The number of methoxy groups -OCH3 is 1. The molecule has 0 radical (unpaired) electrons. The predicted octanol–water partition coefficient (Wildman–Crippen LogP) is 1.16. The van der Waals surface area contributed by atoms with Crippen molar-refractivity contribution in [2.24, 2.45) is 5.92 Å². The van der Waals surface area contributed by atoms with Gasteiger partial charge in [-0.1, -0.05) is 6.92 Å². The van der Waals surface area contributed by atoms with E-state index in [1.54, 1.807) is 7.11 Å². The number of hydrogen-bond acceptors (Lipinski definition) is 3. The Labute approximate surface area is 86.8 Å². The Bertz CT molecular complexity index is 152. The third-order valence-electron chi connectivity index (χ3n) is 2.96. The van der Waals surface area contributed by atoms with Gasteiger partial charge in [0.1, 0.15) is 0 Å².